The maximum atomic E-state index is 10.8. The number of anilines is 1. The fourth-order valence-corrected chi connectivity index (χ4v) is 1.46. The van der Waals surface area contributed by atoms with Crippen molar-refractivity contribution in [2.24, 2.45) is 0 Å². The highest BCUT2D eigenvalue weighted by molar-refractivity contribution is 6.44. The second kappa shape index (κ2) is 4.53. The van der Waals surface area contributed by atoms with Crippen LogP contribution in [0, 0.1) is 0 Å². The van der Waals surface area contributed by atoms with E-state index in [2.05, 4.69) is 5.32 Å². The number of carboxylic acids is 1. The highest BCUT2D eigenvalue weighted by Crippen LogP contribution is 2.29. The van der Waals surface area contributed by atoms with E-state index in [-0.39, 0.29) is 15.6 Å². The zero-order chi connectivity index (χ0) is 10.7. The first-order valence-electron chi connectivity index (χ1n) is 4.02. The van der Waals surface area contributed by atoms with Crippen LogP contribution < -0.4 is 5.32 Å². The molecule has 0 fully saturated rings. The molecule has 0 bridgehead atoms. The Kier molecular flexibility index (Phi) is 3.61. The van der Waals surface area contributed by atoms with Crippen molar-refractivity contribution in [2.75, 3.05) is 11.9 Å². The van der Waals surface area contributed by atoms with Crippen LogP contribution in [-0.4, -0.2) is 17.6 Å². The Labute approximate surface area is 91.6 Å². The minimum atomic E-state index is -1.09. The normalized spacial score (nSPS) is 9.93. The zero-order valence-electron chi connectivity index (χ0n) is 7.47. The van der Waals surface area contributed by atoms with E-state index in [1.807, 2.05) is 6.92 Å². The smallest absolute Gasteiger partial charge is 0.337 e. The van der Waals surface area contributed by atoms with Crippen LogP contribution in [0.2, 0.25) is 10.0 Å². The quantitative estimate of drug-likeness (QED) is 0.844. The monoisotopic (exact) mass is 233 g/mol. The third kappa shape index (κ3) is 2.30. The lowest BCUT2D eigenvalue weighted by Gasteiger charge is -2.07. The van der Waals surface area contributed by atoms with Gasteiger partial charge in [-0.15, -0.1) is 0 Å². The molecule has 0 aliphatic rings. The van der Waals surface area contributed by atoms with Gasteiger partial charge < -0.3 is 10.4 Å². The van der Waals surface area contributed by atoms with Crippen LogP contribution in [0.1, 0.15) is 17.3 Å². The van der Waals surface area contributed by atoms with E-state index in [0.29, 0.717) is 12.2 Å². The Balaban J connectivity index is 3.21. The molecule has 1 aromatic carbocycles. The molecule has 0 amide bonds. The molecular formula is C9H9Cl2NO2. The van der Waals surface area contributed by atoms with E-state index in [1.165, 1.54) is 6.07 Å². The molecule has 0 saturated carbocycles. The average Bonchev–Trinajstić information content (AvgIpc) is 2.11. The summed E-state index contributed by atoms with van der Waals surface area (Å²) in [6, 6.07) is 3.06. The summed E-state index contributed by atoms with van der Waals surface area (Å²) in [7, 11) is 0. The van der Waals surface area contributed by atoms with Crippen LogP contribution >= 0.6 is 23.2 Å². The fourth-order valence-electron chi connectivity index (χ4n) is 1.05. The maximum Gasteiger partial charge on any atom is 0.337 e. The molecule has 0 radical (unpaired) electrons. The predicted molar refractivity (Wildman–Crippen MR) is 57.6 cm³/mol. The SMILES string of the molecule is CCNc1cc(Cl)c(Cl)c(C(=O)O)c1. The molecule has 0 spiro atoms. The second-order valence-corrected chi connectivity index (χ2v) is 3.44. The number of aromatic carboxylic acids is 1. The zero-order valence-corrected chi connectivity index (χ0v) is 8.99. The number of hydrogen-bond acceptors (Lipinski definition) is 2. The van der Waals surface area contributed by atoms with Crippen LogP contribution in [0.5, 0.6) is 0 Å². The summed E-state index contributed by atoms with van der Waals surface area (Å²) < 4.78 is 0. The van der Waals surface area contributed by atoms with Gasteiger partial charge in [0.25, 0.3) is 0 Å². The number of benzene rings is 1. The molecule has 0 atom stereocenters. The molecule has 0 aliphatic heterocycles. The minimum absolute atomic E-state index is 0.00937. The van der Waals surface area contributed by atoms with Gasteiger partial charge in [-0.3, -0.25) is 0 Å². The van der Waals surface area contributed by atoms with Gasteiger partial charge in [0.1, 0.15) is 0 Å². The number of hydrogen-bond donors (Lipinski definition) is 2. The molecule has 1 aromatic rings. The molecule has 14 heavy (non-hydrogen) atoms. The minimum Gasteiger partial charge on any atom is -0.478 e. The highest BCUT2D eigenvalue weighted by atomic mass is 35.5. The van der Waals surface area contributed by atoms with Crippen molar-refractivity contribution in [3.63, 3.8) is 0 Å². The lowest BCUT2D eigenvalue weighted by Crippen LogP contribution is -2.02. The maximum absolute atomic E-state index is 10.8. The van der Waals surface area contributed by atoms with Crippen molar-refractivity contribution < 1.29 is 9.90 Å². The Morgan fingerprint density at radius 2 is 2.14 bits per heavy atom. The van der Waals surface area contributed by atoms with E-state index in [9.17, 15) is 4.79 Å². The highest BCUT2D eigenvalue weighted by Gasteiger charge is 2.13. The summed E-state index contributed by atoms with van der Waals surface area (Å²) in [5, 5.41) is 12.1. The van der Waals surface area contributed by atoms with Gasteiger partial charge in [0.05, 0.1) is 15.6 Å². The van der Waals surface area contributed by atoms with Crippen molar-refractivity contribution in [3.8, 4) is 0 Å². The molecule has 0 heterocycles. The number of halogens is 2. The fraction of sp³-hybridized carbons (Fsp3) is 0.222. The second-order valence-electron chi connectivity index (χ2n) is 2.66. The van der Waals surface area contributed by atoms with E-state index < -0.39 is 5.97 Å². The number of nitrogens with one attached hydrogen (secondary N) is 1. The van der Waals surface area contributed by atoms with Crippen LogP contribution in [0.3, 0.4) is 0 Å². The van der Waals surface area contributed by atoms with Gasteiger partial charge >= 0.3 is 5.97 Å². The Hall–Kier alpha value is -0.930. The van der Waals surface area contributed by atoms with E-state index in [0.717, 1.165) is 0 Å². The topological polar surface area (TPSA) is 49.3 Å². The molecule has 1 rings (SSSR count). The van der Waals surface area contributed by atoms with E-state index >= 15 is 0 Å². The molecule has 3 nitrogen and oxygen atoms in total. The van der Waals surface area contributed by atoms with Crippen molar-refractivity contribution in [2.45, 2.75) is 6.92 Å². The Bertz CT molecular complexity index is 366. The van der Waals surface area contributed by atoms with Gasteiger partial charge in [0.15, 0.2) is 0 Å². The van der Waals surface area contributed by atoms with Gasteiger partial charge in [-0.05, 0) is 19.1 Å². The summed E-state index contributed by atoms with van der Waals surface area (Å²) in [5.41, 5.74) is 0.661. The first kappa shape index (κ1) is 11.1. The number of carbonyl (C=O) groups is 1. The van der Waals surface area contributed by atoms with Gasteiger partial charge in [-0.25, -0.2) is 4.79 Å². The van der Waals surface area contributed by atoms with Gasteiger partial charge in [-0.1, -0.05) is 23.2 Å². The summed E-state index contributed by atoms with van der Waals surface area (Å²) in [6.07, 6.45) is 0. The van der Waals surface area contributed by atoms with Crippen molar-refractivity contribution >= 4 is 34.9 Å². The molecular weight excluding hydrogens is 225 g/mol. The Morgan fingerprint density at radius 1 is 1.50 bits per heavy atom. The van der Waals surface area contributed by atoms with Crippen molar-refractivity contribution in [1.82, 2.24) is 0 Å². The standard InChI is InChI=1S/C9H9Cl2NO2/c1-2-12-5-3-6(9(13)14)8(11)7(10)4-5/h3-4,12H,2H2,1H3,(H,13,14). The average molecular weight is 234 g/mol. The first-order valence-corrected chi connectivity index (χ1v) is 4.78. The van der Waals surface area contributed by atoms with Crippen LogP contribution in [-0.2, 0) is 0 Å². The number of carboxylic acid groups (broad SMARTS) is 1. The number of rotatable bonds is 3. The van der Waals surface area contributed by atoms with Crippen LogP contribution in [0.25, 0.3) is 0 Å². The molecule has 0 aromatic heterocycles. The lowest BCUT2D eigenvalue weighted by molar-refractivity contribution is 0.0697. The van der Waals surface area contributed by atoms with Gasteiger partial charge in [-0.2, -0.15) is 0 Å². The summed E-state index contributed by atoms with van der Waals surface area (Å²) in [4.78, 5) is 10.8. The van der Waals surface area contributed by atoms with Gasteiger partial charge in [0, 0.05) is 12.2 Å². The summed E-state index contributed by atoms with van der Waals surface area (Å²) in [5.74, 6) is -1.09. The predicted octanol–water partition coefficient (Wildman–Crippen LogP) is 3.12. The first-order chi connectivity index (χ1) is 6.56. The molecule has 5 heteroatoms. The Morgan fingerprint density at radius 3 is 2.64 bits per heavy atom. The van der Waals surface area contributed by atoms with Crippen LogP contribution in [0.4, 0.5) is 5.69 Å². The third-order valence-electron chi connectivity index (χ3n) is 1.64. The lowest BCUT2D eigenvalue weighted by atomic mass is 10.2. The third-order valence-corrected chi connectivity index (χ3v) is 2.44. The van der Waals surface area contributed by atoms with E-state index in [4.69, 9.17) is 28.3 Å². The summed E-state index contributed by atoms with van der Waals surface area (Å²) >= 11 is 11.5. The molecule has 0 aliphatic carbocycles. The molecule has 0 unspecified atom stereocenters. The molecule has 76 valence electrons. The van der Waals surface area contributed by atoms with Crippen LogP contribution in [0.15, 0.2) is 12.1 Å². The molecule has 2 N–H and O–H groups in total. The molecule has 0 saturated heterocycles. The van der Waals surface area contributed by atoms with Crippen molar-refractivity contribution in [3.05, 3.63) is 27.7 Å². The van der Waals surface area contributed by atoms with E-state index in [1.54, 1.807) is 6.07 Å². The summed E-state index contributed by atoms with van der Waals surface area (Å²) in [6.45, 7) is 2.60. The van der Waals surface area contributed by atoms with Crippen molar-refractivity contribution in [1.29, 1.82) is 0 Å². The van der Waals surface area contributed by atoms with Gasteiger partial charge in [0.2, 0.25) is 0 Å². The largest absolute Gasteiger partial charge is 0.478 e.